The minimum atomic E-state index is -0.196. The van der Waals surface area contributed by atoms with Gasteiger partial charge in [-0.25, -0.2) is 4.39 Å². The molecule has 1 aromatic carbocycles. The fraction of sp³-hybridized carbons (Fsp3) is 0.538. The maximum Gasteiger partial charge on any atom is 0.124 e. The number of nitrogens with one attached hydrogen (secondary N) is 1. The van der Waals surface area contributed by atoms with Crippen molar-refractivity contribution in [3.05, 3.63) is 34.1 Å². The highest BCUT2D eigenvalue weighted by atomic mass is 79.9. The van der Waals surface area contributed by atoms with Crippen LogP contribution in [-0.2, 0) is 6.54 Å². The van der Waals surface area contributed by atoms with Gasteiger partial charge >= 0.3 is 0 Å². The Morgan fingerprint density at radius 3 is 2.71 bits per heavy atom. The molecule has 17 heavy (non-hydrogen) atoms. The second-order valence-corrected chi connectivity index (χ2v) is 4.97. The summed E-state index contributed by atoms with van der Waals surface area (Å²) in [6, 6.07) is 4.89. The Bertz CT molecular complexity index is 344. The van der Waals surface area contributed by atoms with Gasteiger partial charge in [0.2, 0.25) is 0 Å². The van der Waals surface area contributed by atoms with E-state index in [2.05, 4.69) is 33.1 Å². The molecule has 0 radical (unpaired) electrons. The quantitative estimate of drug-likeness (QED) is 0.833. The van der Waals surface area contributed by atoms with Gasteiger partial charge < -0.3 is 5.32 Å². The van der Waals surface area contributed by atoms with E-state index < -0.39 is 0 Å². The van der Waals surface area contributed by atoms with Gasteiger partial charge in [-0.1, -0.05) is 28.9 Å². The number of hydrogen-bond donors (Lipinski definition) is 1. The maximum absolute atomic E-state index is 13.0. The van der Waals surface area contributed by atoms with Gasteiger partial charge in [0.15, 0.2) is 0 Å². The molecule has 0 aliphatic carbocycles. The van der Waals surface area contributed by atoms with Crippen molar-refractivity contribution in [2.24, 2.45) is 0 Å². The average molecular weight is 303 g/mol. The van der Waals surface area contributed by atoms with Crippen molar-refractivity contribution in [3.63, 3.8) is 0 Å². The van der Waals surface area contributed by atoms with Crippen LogP contribution in [0.1, 0.15) is 18.9 Å². The van der Waals surface area contributed by atoms with Crippen LogP contribution in [0.25, 0.3) is 0 Å². The summed E-state index contributed by atoms with van der Waals surface area (Å²) in [5.41, 5.74) is 1.14. The number of nitrogens with zero attached hydrogens (tertiary/aromatic N) is 1. The van der Waals surface area contributed by atoms with Crippen LogP contribution in [0.15, 0.2) is 22.7 Å². The maximum atomic E-state index is 13.0. The van der Waals surface area contributed by atoms with Crippen LogP contribution in [0, 0.1) is 5.82 Å². The Labute approximate surface area is 111 Å². The van der Waals surface area contributed by atoms with E-state index >= 15 is 0 Å². The van der Waals surface area contributed by atoms with Crippen molar-refractivity contribution in [3.8, 4) is 0 Å². The van der Waals surface area contributed by atoms with Gasteiger partial charge in [-0.3, -0.25) is 4.90 Å². The van der Waals surface area contributed by atoms with E-state index in [0.29, 0.717) is 0 Å². The summed E-state index contributed by atoms with van der Waals surface area (Å²) in [6.45, 7) is 6.07. The van der Waals surface area contributed by atoms with E-state index in [-0.39, 0.29) is 5.82 Å². The Kier molecular flexibility index (Phi) is 6.70. The van der Waals surface area contributed by atoms with Crippen LogP contribution in [0.4, 0.5) is 4.39 Å². The van der Waals surface area contributed by atoms with E-state index in [0.717, 1.165) is 42.6 Å². The molecule has 0 unspecified atom stereocenters. The van der Waals surface area contributed by atoms with Gasteiger partial charge in [0.25, 0.3) is 0 Å². The summed E-state index contributed by atoms with van der Waals surface area (Å²) < 4.78 is 13.8. The lowest BCUT2D eigenvalue weighted by Crippen LogP contribution is -2.31. The number of benzene rings is 1. The highest BCUT2D eigenvalue weighted by Crippen LogP contribution is 2.19. The smallest absolute Gasteiger partial charge is 0.124 e. The van der Waals surface area contributed by atoms with Gasteiger partial charge in [0.1, 0.15) is 5.82 Å². The Hall–Kier alpha value is -0.450. The van der Waals surface area contributed by atoms with Crippen LogP contribution in [0.2, 0.25) is 0 Å². The third-order valence-electron chi connectivity index (χ3n) is 2.63. The second kappa shape index (κ2) is 7.80. The molecule has 0 bridgehead atoms. The van der Waals surface area contributed by atoms with Crippen LogP contribution < -0.4 is 5.32 Å². The van der Waals surface area contributed by atoms with Crippen molar-refractivity contribution < 1.29 is 4.39 Å². The lowest BCUT2D eigenvalue weighted by atomic mass is 10.2. The van der Waals surface area contributed by atoms with Gasteiger partial charge in [-0.15, -0.1) is 0 Å². The van der Waals surface area contributed by atoms with E-state index in [9.17, 15) is 4.39 Å². The first kappa shape index (κ1) is 14.6. The van der Waals surface area contributed by atoms with Crippen molar-refractivity contribution in [2.45, 2.75) is 19.9 Å². The molecule has 0 heterocycles. The van der Waals surface area contributed by atoms with E-state index in [1.165, 1.54) is 12.1 Å². The lowest BCUT2D eigenvalue weighted by molar-refractivity contribution is 0.267. The Morgan fingerprint density at radius 2 is 2.12 bits per heavy atom. The normalized spacial score (nSPS) is 11.1. The topological polar surface area (TPSA) is 15.3 Å². The molecule has 0 atom stereocenters. The summed E-state index contributed by atoms with van der Waals surface area (Å²) in [6.07, 6.45) is 1.13. The highest BCUT2D eigenvalue weighted by Gasteiger charge is 2.07. The summed E-state index contributed by atoms with van der Waals surface area (Å²) in [4.78, 5) is 2.37. The number of halogens is 2. The molecule has 0 aromatic heterocycles. The van der Waals surface area contributed by atoms with E-state index in [1.54, 1.807) is 0 Å². The molecule has 0 spiro atoms. The summed E-state index contributed by atoms with van der Waals surface area (Å²) in [7, 11) is 1.96. The molecule has 0 saturated carbocycles. The zero-order valence-corrected chi connectivity index (χ0v) is 12.1. The first-order valence-corrected chi connectivity index (χ1v) is 6.77. The number of likely N-dealkylation sites (N-methyl/N-ethyl adjacent to an activating group) is 1. The Morgan fingerprint density at radius 1 is 1.35 bits per heavy atom. The van der Waals surface area contributed by atoms with Gasteiger partial charge in [-0.2, -0.15) is 0 Å². The van der Waals surface area contributed by atoms with Crippen molar-refractivity contribution >= 4 is 15.9 Å². The summed E-state index contributed by atoms with van der Waals surface area (Å²) in [5, 5.41) is 3.15. The monoisotopic (exact) mass is 302 g/mol. The van der Waals surface area contributed by atoms with E-state index in [4.69, 9.17) is 0 Å². The van der Waals surface area contributed by atoms with Crippen LogP contribution >= 0.6 is 15.9 Å². The molecule has 1 N–H and O–H groups in total. The molecule has 0 aliphatic heterocycles. The zero-order valence-electron chi connectivity index (χ0n) is 10.5. The predicted octanol–water partition coefficient (Wildman–Crippen LogP) is 3.02. The largest absolute Gasteiger partial charge is 0.318 e. The second-order valence-electron chi connectivity index (χ2n) is 4.12. The molecule has 0 saturated heterocycles. The van der Waals surface area contributed by atoms with Crippen LogP contribution in [0.5, 0.6) is 0 Å². The molecule has 0 fully saturated rings. The summed E-state index contributed by atoms with van der Waals surface area (Å²) in [5.74, 6) is -0.196. The summed E-state index contributed by atoms with van der Waals surface area (Å²) >= 11 is 3.41. The first-order valence-electron chi connectivity index (χ1n) is 5.98. The van der Waals surface area contributed by atoms with Gasteiger partial charge in [0, 0.05) is 24.1 Å². The molecule has 4 heteroatoms. The lowest BCUT2D eigenvalue weighted by Gasteiger charge is -2.22. The number of hydrogen-bond acceptors (Lipinski definition) is 2. The molecule has 0 aliphatic rings. The number of rotatable bonds is 7. The fourth-order valence-corrected chi connectivity index (χ4v) is 2.22. The highest BCUT2D eigenvalue weighted by molar-refractivity contribution is 9.10. The van der Waals surface area contributed by atoms with Crippen molar-refractivity contribution in [2.75, 3.05) is 26.7 Å². The minimum Gasteiger partial charge on any atom is -0.318 e. The molecule has 1 rings (SSSR count). The fourth-order valence-electron chi connectivity index (χ4n) is 1.75. The van der Waals surface area contributed by atoms with E-state index in [1.807, 2.05) is 13.1 Å². The molecular formula is C13H20BrFN2. The third kappa shape index (κ3) is 5.15. The van der Waals surface area contributed by atoms with Crippen LogP contribution in [-0.4, -0.2) is 31.6 Å². The molecular weight excluding hydrogens is 283 g/mol. The zero-order chi connectivity index (χ0) is 12.7. The van der Waals surface area contributed by atoms with Crippen molar-refractivity contribution in [1.82, 2.24) is 10.2 Å². The van der Waals surface area contributed by atoms with Crippen LogP contribution in [0.3, 0.4) is 0 Å². The SMILES string of the molecule is CCCN(CCNC)Cc1ccc(F)cc1Br. The third-order valence-corrected chi connectivity index (χ3v) is 3.37. The molecule has 2 nitrogen and oxygen atoms in total. The molecule has 1 aromatic rings. The van der Waals surface area contributed by atoms with Crippen molar-refractivity contribution in [1.29, 1.82) is 0 Å². The first-order chi connectivity index (χ1) is 8.17. The standard InChI is InChI=1S/C13H20BrFN2/c1-3-7-17(8-6-16-2)10-11-4-5-12(15)9-13(11)14/h4-5,9,16H,3,6-8,10H2,1-2H3. The Balaban J connectivity index is 2.64. The average Bonchev–Trinajstić information content (AvgIpc) is 2.29. The minimum absolute atomic E-state index is 0.196. The van der Waals surface area contributed by atoms with Gasteiger partial charge in [0.05, 0.1) is 0 Å². The molecule has 96 valence electrons. The molecule has 0 amide bonds. The predicted molar refractivity (Wildman–Crippen MR) is 73.6 cm³/mol. The van der Waals surface area contributed by atoms with Gasteiger partial charge in [-0.05, 0) is 37.7 Å².